The smallest absolute Gasteiger partial charge is 0.223 e. The molecule has 0 spiro atoms. The van der Waals surface area contributed by atoms with E-state index in [1.54, 1.807) is 6.20 Å². The van der Waals surface area contributed by atoms with Crippen LogP contribution in [0.3, 0.4) is 0 Å². The van der Waals surface area contributed by atoms with Crippen molar-refractivity contribution >= 4 is 22.5 Å². The van der Waals surface area contributed by atoms with E-state index in [1.165, 1.54) is 0 Å². The van der Waals surface area contributed by atoms with Gasteiger partial charge in [-0.15, -0.1) is 0 Å². The number of nitrogens with zero attached hydrogens (tertiary/aromatic N) is 3. The Balaban J connectivity index is 1.54. The molecule has 4 heterocycles. The van der Waals surface area contributed by atoms with Crippen molar-refractivity contribution in [3.05, 3.63) is 58.5 Å². The van der Waals surface area contributed by atoms with Crippen LogP contribution in [-0.4, -0.2) is 75.1 Å². The Morgan fingerprint density at radius 1 is 1.11 bits per heavy atom. The zero-order valence-corrected chi connectivity index (χ0v) is 20.2. The van der Waals surface area contributed by atoms with Gasteiger partial charge in [-0.2, -0.15) is 0 Å². The van der Waals surface area contributed by atoms with Crippen molar-refractivity contribution in [3.8, 4) is 5.75 Å². The van der Waals surface area contributed by atoms with Crippen molar-refractivity contribution in [2.24, 2.45) is 0 Å². The number of ether oxygens (including phenoxy) is 2. The van der Waals surface area contributed by atoms with Crippen molar-refractivity contribution in [2.75, 3.05) is 69.2 Å². The fraction of sp³-hybridized carbons (Fsp3) is 0.462. The van der Waals surface area contributed by atoms with Gasteiger partial charge in [-0.1, -0.05) is 12.1 Å². The van der Waals surface area contributed by atoms with Crippen LogP contribution in [0.4, 0.5) is 11.6 Å². The lowest BCUT2D eigenvalue weighted by molar-refractivity contribution is 0.0177. The van der Waals surface area contributed by atoms with Gasteiger partial charge in [0.05, 0.1) is 13.2 Å². The summed E-state index contributed by atoms with van der Waals surface area (Å²) < 4.78 is 18.4. The summed E-state index contributed by atoms with van der Waals surface area (Å²) in [5.74, 6) is 1.10. The second-order valence-electron chi connectivity index (χ2n) is 8.75. The van der Waals surface area contributed by atoms with Crippen molar-refractivity contribution < 1.29 is 13.9 Å². The molecule has 2 aliphatic heterocycles. The topological polar surface area (TPSA) is 92.1 Å². The Bertz CT molecular complexity index is 1170. The molecule has 0 radical (unpaired) electrons. The largest absolute Gasteiger partial charge is 0.474 e. The number of morpholine rings is 1. The zero-order valence-electron chi connectivity index (χ0n) is 20.2. The normalized spacial score (nSPS) is 17.9. The van der Waals surface area contributed by atoms with Crippen LogP contribution >= 0.6 is 0 Å². The van der Waals surface area contributed by atoms with E-state index in [1.807, 2.05) is 43.3 Å². The average Bonchev–Trinajstić information content (AvgIpc) is 2.91. The van der Waals surface area contributed by atoms with Gasteiger partial charge in [0.25, 0.3) is 0 Å². The van der Waals surface area contributed by atoms with Crippen LogP contribution in [0.15, 0.2) is 51.8 Å². The summed E-state index contributed by atoms with van der Waals surface area (Å²) in [5, 5.41) is 7.10. The number of nitrogens with one attached hydrogen (secondary N) is 2. The van der Waals surface area contributed by atoms with E-state index in [4.69, 9.17) is 13.9 Å². The molecule has 2 aliphatic rings. The molecule has 0 bridgehead atoms. The first kappa shape index (κ1) is 23.6. The maximum atomic E-state index is 13.8. The van der Waals surface area contributed by atoms with Gasteiger partial charge in [0.2, 0.25) is 11.3 Å². The van der Waals surface area contributed by atoms with Gasteiger partial charge in [-0.3, -0.25) is 14.7 Å². The Kier molecular flexibility index (Phi) is 7.46. The number of benzene rings is 1. The van der Waals surface area contributed by atoms with Crippen LogP contribution in [0.25, 0.3) is 11.0 Å². The van der Waals surface area contributed by atoms with Crippen LogP contribution in [-0.2, 0) is 11.2 Å². The van der Waals surface area contributed by atoms with Crippen molar-refractivity contribution in [1.82, 2.24) is 15.2 Å². The van der Waals surface area contributed by atoms with Gasteiger partial charge in [0.1, 0.15) is 22.4 Å². The van der Waals surface area contributed by atoms with Gasteiger partial charge in [-0.05, 0) is 31.2 Å². The number of hydrogen-bond acceptors (Lipinski definition) is 9. The first-order valence-electron chi connectivity index (χ1n) is 12.4. The minimum atomic E-state index is -0.251. The summed E-state index contributed by atoms with van der Waals surface area (Å²) in [7, 11) is 0. The number of anilines is 2. The van der Waals surface area contributed by atoms with E-state index in [9.17, 15) is 4.79 Å². The van der Waals surface area contributed by atoms with Gasteiger partial charge in [0.15, 0.2) is 6.23 Å². The summed E-state index contributed by atoms with van der Waals surface area (Å²) >= 11 is 0. The summed E-state index contributed by atoms with van der Waals surface area (Å²) in [6.07, 6.45) is 2.17. The lowest BCUT2D eigenvalue weighted by Gasteiger charge is -2.35. The molecule has 35 heavy (non-hydrogen) atoms. The Morgan fingerprint density at radius 3 is 2.69 bits per heavy atom. The first-order valence-corrected chi connectivity index (χ1v) is 12.4. The van der Waals surface area contributed by atoms with Gasteiger partial charge >= 0.3 is 0 Å². The predicted molar refractivity (Wildman–Crippen MR) is 136 cm³/mol. The molecular formula is C26H33N5O4. The number of pyridine rings is 1. The molecule has 3 aromatic rings. The second kappa shape index (κ2) is 11.1. The van der Waals surface area contributed by atoms with E-state index in [-0.39, 0.29) is 11.7 Å². The SMILES string of the molecule is CCNc1c(N2CCOCC2)oc2cccc(OC(Cc3ccccn3)N3CCNCC3)c2c1=O. The predicted octanol–water partition coefficient (Wildman–Crippen LogP) is 2.31. The molecule has 0 saturated carbocycles. The number of rotatable bonds is 8. The molecule has 5 rings (SSSR count). The highest BCUT2D eigenvalue weighted by atomic mass is 16.5. The minimum absolute atomic E-state index is 0.109. The molecule has 0 aliphatic carbocycles. The minimum Gasteiger partial charge on any atom is -0.474 e. The quantitative estimate of drug-likeness (QED) is 0.505. The molecule has 1 aromatic carbocycles. The average molecular weight is 480 g/mol. The molecule has 2 aromatic heterocycles. The number of piperazine rings is 1. The lowest BCUT2D eigenvalue weighted by atomic mass is 10.1. The van der Waals surface area contributed by atoms with Crippen LogP contribution < -0.4 is 25.7 Å². The van der Waals surface area contributed by atoms with E-state index < -0.39 is 0 Å². The molecule has 186 valence electrons. The molecule has 1 atom stereocenters. The fourth-order valence-corrected chi connectivity index (χ4v) is 4.68. The Morgan fingerprint density at radius 2 is 1.94 bits per heavy atom. The van der Waals surface area contributed by atoms with Crippen molar-refractivity contribution in [3.63, 3.8) is 0 Å². The van der Waals surface area contributed by atoms with Gasteiger partial charge in [0, 0.05) is 64.1 Å². The van der Waals surface area contributed by atoms with Crippen molar-refractivity contribution in [2.45, 2.75) is 19.6 Å². The van der Waals surface area contributed by atoms with Gasteiger partial charge < -0.3 is 29.4 Å². The van der Waals surface area contributed by atoms with E-state index >= 15 is 0 Å². The Labute approximate surface area is 205 Å². The molecule has 2 N–H and O–H groups in total. The van der Waals surface area contributed by atoms with E-state index in [0.717, 1.165) is 31.9 Å². The summed E-state index contributed by atoms with van der Waals surface area (Å²) in [6.45, 7) is 8.67. The van der Waals surface area contributed by atoms with E-state index in [0.29, 0.717) is 67.6 Å². The van der Waals surface area contributed by atoms with Crippen LogP contribution in [0.2, 0.25) is 0 Å². The van der Waals surface area contributed by atoms with Crippen LogP contribution in [0, 0.1) is 0 Å². The molecule has 2 fully saturated rings. The van der Waals surface area contributed by atoms with Crippen molar-refractivity contribution in [1.29, 1.82) is 0 Å². The number of aromatic nitrogens is 1. The second-order valence-corrected chi connectivity index (χ2v) is 8.75. The highest BCUT2D eigenvalue weighted by Crippen LogP contribution is 2.33. The van der Waals surface area contributed by atoms with E-state index in [2.05, 4.69) is 25.4 Å². The molecule has 2 saturated heterocycles. The standard InChI is InChI=1S/C26H33N5O4/c1-2-28-24-25(32)23-20(7-5-8-21(23)35-26(24)31-14-16-33-17-15-31)34-22(30-12-10-27-11-13-30)18-19-6-3-4-9-29-19/h3-9,22,27-28H,2,10-18H2,1H3. The molecule has 1 unspecified atom stereocenters. The molecule has 9 nitrogen and oxygen atoms in total. The van der Waals surface area contributed by atoms with Gasteiger partial charge in [-0.25, -0.2) is 0 Å². The monoisotopic (exact) mass is 479 g/mol. The molecule has 0 amide bonds. The highest BCUT2D eigenvalue weighted by molar-refractivity contribution is 5.89. The summed E-state index contributed by atoms with van der Waals surface area (Å²) in [6, 6.07) is 11.5. The van der Waals surface area contributed by atoms with Crippen LogP contribution in [0.5, 0.6) is 5.75 Å². The Hall–Kier alpha value is -3.14. The third-order valence-corrected chi connectivity index (χ3v) is 6.45. The molecule has 9 heteroatoms. The zero-order chi connectivity index (χ0) is 24.0. The highest BCUT2D eigenvalue weighted by Gasteiger charge is 2.27. The number of hydrogen-bond donors (Lipinski definition) is 2. The lowest BCUT2D eigenvalue weighted by Crippen LogP contribution is -2.51. The third kappa shape index (κ3) is 5.27. The maximum Gasteiger partial charge on any atom is 0.223 e. The first-order chi connectivity index (χ1) is 17.2. The summed E-state index contributed by atoms with van der Waals surface area (Å²) in [5.41, 5.74) is 1.84. The maximum absolute atomic E-state index is 13.8. The fourth-order valence-electron chi connectivity index (χ4n) is 4.68. The number of fused-ring (bicyclic) bond motifs is 1. The summed E-state index contributed by atoms with van der Waals surface area (Å²) in [4.78, 5) is 22.7. The third-order valence-electron chi connectivity index (χ3n) is 6.45. The molecular weight excluding hydrogens is 446 g/mol. The van der Waals surface area contributed by atoms with Crippen LogP contribution in [0.1, 0.15) is 12.6 Å².